The highest BCUT2D eigenvalue weighted by Gasteiger charge is 2.15. The van der Waals surface area contributed by atoms with Gasteiger partial charge in [0.05, 0.1) is 22.6 Å². The van der Waals surface area contributed by atoms with Crippen LogP contribution in [0.4, 0.5) is 11.4 Å². The predicted octanol–water partition coefficient (Wildman–Crippen LogP) is 2.74. The molecule has 1 N–H and O–H groups in total. The minimum Gasteiger partial charge on any atom is -0.368 e. The number of hydrogen-bond acceptors (Lipinski definition) is 4. The lowest BCUT2D eigenvalue weighted by Gasteiger charge is -2.33. The van der Waals surface area contributed by atoms with Crippen molar-refractivity contribution in [3.8, 4) is 0 Å². The van der Waals surface area contributed by atoms with Gasteiger partial charge in [-0.05, 0) is 31.3 Å². The zero-order valence-corrected chi connectivity index (χ0v) is 13.8. The number of carbonyl (C=O) groups is 1. The Hall–Kier alpha value is -2.11. The Morgan fingerprint density at radius 2 is 1.87 bits per heavy atom. The fraction of sp³-hybridized carbons (Fsp3) is 0.294. The van der Waals surface area contributed by atoms with E-state index in [2.05, 4.69) is 27.1 Å². The predicted molar refractivity (Wildman–Crippen MR) is 93.4 cm³/mol. The van der Waals surface area contributed by atoms with E-state index in [0.29, 0.717) is 16.4 Å². The maximum atomic E-state index is 12.2. The van der Waals surface area contributed by atoms with Crippen molar-refractivity contribution in [1.82, 2.24) is 9.88 Å². The van der Waals surface area contributed by atoms with Crippen LogP contribution < -0.4 is 10.2 Å². The first-order chi connectivity index (χ1) is 11.1. The van der Waals surface area contributed by atoms with Crippen LogP contribution in [0.15, 0.2) is 42.6 Å². The number of piperazine rings is 1. The summed E-state index contributed by atoms with van der Waals surface area (Å²) in [6, 6.07) is 10.8. The van der Waals surface area contributed by atoms with Gasteiger partial charge in [-0.1, -0.05) is 23.7 Å². The summed E-state index contributed by atoms with van der Waals surface area (Å²) in [6.45, 7) is 4.02. The molecule has 1 aromatic heterocycles. The highest BCUT2D eigenvalue weighted by atomic mass is 35.5. The van der Waals surface area contributed by atoms with Gasteiger partial charge >= 0.3 is 0 Å². The van der Waals surface area contributed by atoms with Gasteiger partial charge in [-0.25, -0.2) is 4.98 Å². The molecular weight excluding hydrogens is 312 g/mol. The van der Waals surface area contributed by atoms with Crippen molar-refractivity contribution < 1.29 is 4.79 Å². The molecule has 0 spiro atoms. The first-order valence-corrected chi connectivity index (χ1v) is 7.97. The number of nitrogens with zero attached hydrogens (tertiary/aromatic N) is 3. The molecule has 120 valence electrons. The van der Waals surface area contributed by atoms with Gasteiger partial charge in [-0.15, -0.1) is 0 Å². The number of likely N-dealkylation sites (N-methyl/N-ethyl adjacent to an activating group) is 1. The Bertz CT molecular complexity index is 681. The molecule has 1 amide bonds. The summed E-state index contributed by atoms with van der Waals surface area (Å²) >= 11 is 6.05. The second-order valence-electron chi connectivity index (χ2n) is 5.63. The van der Waals surface area contributed by atoms with E-state index in [0.717, 1.165) is 31.9 Å². The molecule has 23 heavy (non-hydrogen) atoms. The lowest BCUT2D eigenvalue weighted by Crippen LogP contribution is -2.44. The van der Waals surface area contributed by atoms with Gasteiger partial charge in [0.1, 0.15) is 5.69 Å². The molecule has 5 nitrogen and oxygen atoms in total. The molecule has 1 aliphatic heterocycles. The summed E-state index contributed by atoms with van der Waals surface area (Å²) < 4.78 is 0. The number of nitrogens with one attached hydrogen (secondary N) is 1. The van der Waals surface area contributed by atoms with Gasteiger partial charge in [0.15, 0.2) is 0 Å². The van der Waals surface area contributed by atoms with Crippen LogP contribution in [0.3, 0.4) is 0 Å². The number of rotatable bonds is 3. The Kier molecular flexibility index (Phi) is 4.79. The molecule has 0 unspecified atom stereocenters. The molecule has 2 heterocycles. The highest BCUT2D eigenvalue weighted by Crippen LogP contribution is 2.21. The number of hydrogen-bond donors (Lipinski definition) is 1. The van der Waals surface area contributed by atoms with Crippen molar-refractivity contribution in [2.75, 3.05) is 43.4 Å². The Morgan fingerprint density at radius 3 is 2.52 bits per heavy atom. The van der Waals surface area contributed by atoms with Crippen molar-refractivity contribution in [3.63, 3.8) is 0 Å². The average Bonchev–Trinajstić information content (AvgIpc) is 2.58. The van der Waals surface area contributed by atoms with Crippen LogP contribution in [0.1, 0.15) is 10.5 Å². The van der Waals surface area contributed by atoms with Crippen molar-refractivity contribution in [1.29, 1.82) is 0 Å². The van der Waals surface area contributed by atoms with Crippen molar-refractivity contribution >= 4 is 28.9 Å². The summed E-state index contributed by atoms with van der Waals surface area (Å²) in [6.07, 6.45) is 1.76. The monoisotopic (exact) mass is 330 g/mol. The number of halogens is 1. The SMILES string of the molecule is CN1CCN(c2ccc(C(=O)Nc3ccccc3Cl)nc2)CC1. The van der Waals surface area contributed by atoms with Crippen LogP contribution in [0, 0.1) is 0 Å². The number of pyridine rings is 1. The van der Waals surface area contributed by atoms with Gasteiger partial charge in [0, 0.05) is 26.2 Å². The third-order valence-electron chi connectivity index (χ3n) is 3.97. The summed E-state index contributed by atoms with van der Waals surface area (Å²) in [5, 5.41) is 3.29. The van der Waals surface area contributed by atoms with Crippen LogP contribution in [0.5, 0.6) is 0 Å². The quantitative estimate of drug-likeness (QED) is 0.940. The zero-order valence-electron chi connectivity index (χ0n) is 13.0. The molecule has 0 radical (unpaired) electrons. The van der Waals surface area contributed by atoms with Gasteiger partial charge in [-0.2, -0.15) is 0 Å². The second-order valence-corrected chi connectivity index (χ2v) is 6.03. The van der Waals surface area contributed by atoms with E-state index in [1.165, 1.54) is 0 Å². The molecule has 1 aromatic carbocycles. The van der Waals surface area contributed by atoms with E-state index in [4.69, 9.17) is 11.6 Å². The molecule has 0 bridgehead atoms. The van der Waals surface area contributed by atoms with Gasteiger partial charge in [-0.3, -0.25) is 4.79 Å². The molecule has 6 heteroatoms. The molecular formula is C17H19ClN4O. The van der Waals surface area contributed by atoms with Crippen LogP contribution in [0.25, 0.3) is 0 Å². The van der Waals surface area contributed by atoms with Crippen LogP contribution in [-0.4, -0.2) is 49.0 Å². The molecule has 1 aliphatic rings. The summed E-state index contributed by atoms with van der Waals surface area (Å²) in [5.74, 6) is -0.261. The maximum absolute atomic E-state index is 12.2. The maximum Gasteiger partial charge on any atom is 0.274 e. The van der Waals surface area contributed by atoms with E-state index in [9.17, 15) is 4.79 Å². The Morgan fingerprint density at radius 1 is 1.13 bits per heavy atom. The third-order valence-corrected chi connectivity index (χ3v) is 4.30. The summed E-state index contributed by atoms with van der Waals surface area (Å²) in [5.41, 5.74) is 2.01. The van der Waals surface area contributed by atoms with Crippen LogP contribution in [-0.2, 0) is 0 Å². The molecule has 0 saturated carbocycles. The lowest BCUT2D eigenvalue weighted by molar-refractivity contribution is 0.102. The number of para-hydroxylation sites is 1. The normalized spacial score (nSPS) is 15.5. The summed E-state index contributed by atoms with van der Waals surface area (Å²) in [4.78, 5) is 21.1. The molecule has 1 saturated heterocycles. The van der Waals surface area contributed by atoms with Crippen molar-refractivity contribution in [2.24, 2.45) is 0 Å². The van der Waals surface area contributed by atoms with Crippen LogP contribution >= 0.6 is 11.6 Å². The summed E-state index contributed by atoms with van der Waals surface area (Å²) in [7, 11) is 2.12. The first-order valence-electron chi connectivity index (χ1n) is 7.59. The van der Waals surface area contributed by atoms with Gasteiger partial charge < -0.3 is 15.1 Å². The smallest absolute Gasteiger partial charge is 0.274 e. The van der Waals surface area contributed by atoms with E-state index in [1.54, 1.807) is 24.4 Å². The molecule has 0 atom stereocenters. The first kappa shape index (κ1) is 15.8. The molecule has 1 fully saturated rings. The van der Waals surface area contributed by atoms with Gasteiger partial charge in [0.2, 0.25) is 0 Å². The van der Waals surface area contributed by atoms with E-state index >= 15 is 0 Å². The molecule has 0 aliphatic carbocycles. The second kappa shape index (κ2) is 6.98. The minimum absolute atomic E-state index is 0.261. The van der Waals surface area contributed by atoms with Crippen molar-refractivity contribution in [2.45, 2.75) is 0 Å². The Labute approximate surface area is 140 Å². The number of amides is 1. The number of carbonyl (C=O) groups excluding carboxylic acids is 1. The number of anilines is 2. The topological polar surface area (TPSA) is 48.5 Å². The number of aromatic nitrogens is 1. The van der Waals surface area contributed by atoms with Crippen LogP contribution in [0.2, 0.25) is 5.02 Å². The largest absolute Gasteiger partial charge is 0.368 e. The minimum atomic E-state index is -0.261. The van der Waals surface area contributed by atoms with E-state index in [-0.39, 0.29) is 5.91 Å². The Balaban J connectivity index is 1.67. The standard InChI is InChI=1S/C17H19ClN4O/c1-21-8-10-22(11-9-21)13-6-7-16(19-12-13)17(23)20-15-5-3-2-4-14(15)18/h2-7,12H,8-11H2,1H3,(H,20,23). The van der Waals surface area contributed by atoms with Gasteiger partial charge in [0.25, 0.3) is 5.91 Å². The lowest BCUT2D eigenvalue weighted by atomic mass is 10.2. The highest BCUT2D eigenvalue weighted by molar-refractivity contribution is 6.33. The fourth-order valence-electron chi connectivity index (χ4n) is 2.52. The zero-order chi connectivity index (χ0) is 16.2. The van der Waals surface area contributed by atoms with E-state index in [1.807, 2.05) is 18.2 Å². The molecule has 3 rings (SSSR count). The number of benzene rings is 1. The average molecular weight is 331 g/mol. The molecule has 2 aromatic rings. The third kappa shape index (κ3) is 3.81. The fourth-order valence-corrected chi connectivity index (χ4v) is 2.70. The van der Waals surface area contributed by atoms with Crippen molar-refractivity contribution in [3.05, 3.63) is 53.3 Å². The van der Waals surface area contributed by atoms with E-state index < -0.39 is 0 Å².